The van der Waals surface area contributed by atoms with Crippen LogP contribution < -0.4 is 0 Å². The molecule has 0 bridgehead atoms. The van der Waals surface area contributed by atoms with Gasteiger partial charge in [0, 0.05) is 11.8 Å². The zero-order valence-electron chi connectivity index (χ0n) is 6.77. The van der Waals surface area contributed by atoms with Gasteiger partial charge in [0.05, 0.1) is 18.1 Å². The molecule has 0 aliphatic heterocycles. The summed E-state index contributed by atoms with van der Waals surface area (Å²) in [7, 11) is 0. The van der Waals surface area contributed by atoms with Crippen molar-refractivity contribution in [1.82, 2.24) is 4.98 Å². The first-order chi connectivity index (χ1) is 6.46. The molecule has 0 amide bonds. The molecule has 0 saturated heterocycles. The minimum Gasteiger partial charge on any atom is -0.228 e. The van der Waals surface area contributed by atoms with E-state index >= 15 is 0 Å². The van der Waals surface area contributed by atoms with Gasteiger partial charge in [-0.2, -0.15) is 22.8 Å². The van der Waals surface area contributed by atoms with E-state index in [0.29, 0.717) is 6.07 Å². The number of hydrogen-bond donors (Lipinski definition) is 0. The minimum absolute atomic E-state index is 0.644. The fourth-order valence-corrected chi connectivity index (χ4v) is 0.980. The highest BCUT2D eigenvalue weighted by Crippen LogP contribution is 2.32. The summed E-state index contributed by atoms with van der Waals surface area (Å²) in [6.07, 6.45) is -4.58. The summed E-state index contributed by atoms with van der Waals surface area (Å²) in [5.41, 5.74) is -1.85. The average molecular weight is 204 g/mol. The predicted molar refractivity (Wildman–Crippen MR) is 38.5 cm³/mol. The molecule has 0 N–H and O–H groups in total. The van der Waals surface area contributed by atoms with Crippen molar-refractivity contribution >= 4 is 0 Å². The number of hydrogen-bond acceptors (Lipinski definition) is 2. The van der Waals surface area contributed by atoms with Crippen LogP contribution in [0.15, 0.2) is 12.3 Å². The molecule has 1 aromatic rings. The molecular formula is C8H4F4N2. The second-order valence-electron chi connectivity index (χ2n) is 2.46. The van der Waals surface area contributed by atoms with Crippen LogP contribution in [0.5, 0.6) is 0 Å². The molecule has 0 fully saturated rings. The molecule has 0 aromatic carbocycles. The maximum absolute atomic E-state index is 12.8. The zero-order chi connectivity index (χ0) is 10.8. The van der Waals surface area contributed by atoms with Crippen molar-refractivity contribution < 1.29 is 17.6 Å². The minimum atomic E-state index is -4.66. The molecule has 0 unspecified atom stereocenters. The topological polar surface area (TPSA) is 36.7 Å². The van der Waals surface area contributed by atoms with Gasteiger partial charge in [-0.15, -0.1) is 0 Å². The van der Waals surface area contributed by atoms with E-state index < -0.39 is 29.7 Å². The molecular weight excluding hydrogens is 200 g/mol. The van der Waals surface area contributed by atoms with Crippen LogP contribution >= 0.6 is 0 Å². The van der Waals surface area contributed by atoms with Crippen molar-refractivity contribution in [2.24, 2.45) is 0 Å². The molecule has 1 heterocycles. The van der Waals surface area contributed by atoms with Gasteiger partial charge in [0.1, 0.15) is 0 Å². The van der Waals surface area contributed by atoms with Gasteiger partial charge in [0.2, 0.25) is 5.95 Å². The fourth-order valence-electron chi connectivity index (χ4n) is 0.980. The third-order valence-corrected chi connectivity index (χ3v) is 1.56. The molecule has 6 heteroatoms. The highest BCUT2D eigenvalue weighted by Gasteiger charge is 2.34. The Morgan fingerprint density at radius 2 is 2.07 bits per heavy atom. The van der Waals surface area contributed by atoms with E-state index in [1.165, 1.54) is 6.07 Å². The summed E-state index contributed by atoms with van der Waals surface area (Å²) in [6.45, 7) is 0. The largest absolute Gasteiger partial charge is 0.416 e. The maximum atomic E-state index is 12.8. The summed E-state index contributed by atoms with van der Waals surface area (Å²) in [4.78, 5) is 3.05. The van der Waals surface area contributed by atoms with Crippen LogP contribution in [0.4, 0.5) is 17.6 Å². The van der Waals surface area contributed by atoms with E-state index in [2.05, 4.69) is 4.98 Å². The van der Waals surface area contributed by atoms with Crippen molar-refractivity contribution in [2.45, 2.75) is 12.6 Å². The Hall–Kier alpha value is -1.64. The quantitative estimate of drug-likeness (QED) is 0.519. The van der Waals surface area contributed by atoms with Gasteiger partial charge in [0.15, 0.2) is 0 Å². The molecule has 0 aliphatic rings. The second-order valence-corrected chi connectivity index (χ2v) is 2.46. The predicted octanol–water partition coefficient (Wildman–Crippen LogP) is 2.31. The maximum Gasteiger partial charge on any atom is 0.416 e. The van der Waals surface area contributed by atoms with E-state index in [0.717, 1.165) is 6.20 Å². The summed E-state index contributed by atoms with van der Waals surface area (Å²) < 4.78 is 49.5. The summed E-state index contributed by atoms with van der Waals surface area (Å²) in [5, 5.41) is 8.22. The molecule has 0 radical (unpaired) electrons. The van der Waals surface area contributed by atoms with Gasteiger partial charge in [-0.3, -0.25) is 0 Å². The number of rotatable bonds is 1. The van der Waals surface area contributed by atoms with Crippen molar-refractivity contribution in [2.75, 3.05) is 0 Å². The lowest BCUT2D eigenvalue weighted by Gasteiger charge is -2.10. The molecule has 14 heavy (non-hydrogen) atoms. The summed E-state index contributed by atoms with van der Waals surface area (Å²) >= 11 is 0. The van der Waals surface area contributed by atoms with E-state index in [-0.39, 0.29) is 0 Å². The molecule has 1 rings (SSSR count). The van der Waals surface area contributed by atoms with Crippen molar-refractivity contribution in [3.8, 4) is 6.07 Å². The van der Waals surface area contributed by atoms with Crippen LogP contribution in [0.3, 0.4) is 0 Å². The third-order valence-electron chi connectivity index (χ3n) is 1.56. The van der Waals surface area contributed by atoms with Crippen LogP contribution in [0.1, 0.15) is 11.1 Å². The van der Waals surface area contributed by atoms with E-state index in [1.807, 2.05) is 0 Å². The molecule has 74 valence electrons. The first-order valence-corrected chi connectivity index (χ1v) is 3.54. The van der Waals surface area contributed by atoms with Gasteiger partial charge in [-0.05, 0) is 6.07 Å². The standard InChI is InChI=1S/C8H4F4N2/c9-7-5(1-3-13)6(2-4-14-7)8(10,11)12/h2,4H,1H2. The average Bonchev–Trinajstić information content (AvgIpc) is 2.07. The summed E-state index contributed by atoms with van der Waals surface area (Å²) in [5.74, 6) is -1.25. The normalized spacial score (nSPS) is 11.1. The lowest BCUT2D eigenvalue weighted by molar-refractivity contribution is -0.138. The van der Waals surface area contributed by atoms with Crippen LogP contribution in [0.2, 0.25) is 0 Å². The SMILES string of the molecule is N#CCc1c(C(F)(F)F)ccnc1F. The molecule has 1 aromatic heterocycles. The Balaban J connectivity index is 3.30. The number of halogens is 4. The van der Waals surface area contributed by atoms with Crippen LogP contribution in [-0.2, 0) is 12.6 Å². The third kappa shape index (κ3) is 1.99. The van der Waals surface area contributed by atoms with Crippen LogP contribution in [0, 0.1) is 17.3 Å². The van der Waals surface area contributed by atoms with Gasteiger partial charge in [0.25, 0.3) is 0 Å². The Kier molecular flexibility index (Phi) is 2.70. The first kappa shape index (κ1) is 10.4. The summed E-state index contributed by atoms with van der Waals surface area (Å²) in [6, 6.07) is 2.11. The van der Waals surface area contributed by atoms with Gasteiger partial charge in [-0.25, -0.2) is 4.98 Å². The molecule has 0 saturated carbocycles. The highest BCUT2D eigenvalue weighted by molar-refractivity contribution is 5.29. The smallest absolute Gasteiger partial charge is 0.228 e. The Labute approximate surface area is 76.8 Å². The number of nitriles is 1. The number of alkyl halides is 3. The number of pyridine rings is 1. The Morgan fingerprint density at radius 3 is 2.57 bits per heavy atom. The first-order valence-electron chi connectivity index (χ1n) is 3.54. The van der Waals surface area contributed by atoms with E-state index in [4.69, 9.17) is 5.26 Å². The molecule has 0 aliphatic carbocycles. The lowest BCUT2D eigenvalue weighted by atomic mass is 10.1. The lowest BCUT2D eigenvalue weighted by Crippen LogP contribution is -2.11. The van der Waals surface area contributed by atoms with Crippen molar-refractivity contribution in [1.29, 1.82) is 5.26 Å². The van der Waals surface area contributed by atoms with Crippen LogP contribution in [-0.4, -0.2) is 4.98 Å². The van der Waals surface area contributed by atoms with E-state index in [1.54, 1.807) is 0 Å². The number of nitrogens with zero attached hydrogens (tertiary/aromatic N) is 2. The molecule has 2 nitrogen and oxygen atoms in total. The van der Waals surface area contributed by atoms with Crippen LogP contribution in [0.25, 0.3) is 0 Å². The zero-order valence-corrected chi connectivity index (χ0v) is 6.77. The monoisotopic (exact) mass is 204 g/mol. The fraction of sp³-hybridized carbons (Fsp3) is 0.250. The van der Waals surface area contributed by atoms with Crippen molar-refractivity contribution in [3.05, 3.63) is 29.3 Å². The Morgan fingerprint density at radius 1 is 1.43 bits per heavy atom. The molecule has 0 spiro atoms. The van der Waals surface area contributed by atoms with Gasteiger partial charge >= 0.3 is 6.18 Å². The Bertz CT molecular complexity index is 378. The van der Waals surface area contributed by atoms with Crippen molar-refractivity contribution in [3.63, 3.8) is 0 Å². The van der Waals surface area contributed by atoms with Gasteiger partial charge < -0.3 is 0 Å². The number of aromatic nitrogens is 1. The van der Waals surface area contributed by atoms with Gasteiger partial charge in [-0.1, -0.05) is 0 Å². The second kappa shape index (κ2) is 3.62. The highest BCUT2D eigenvalue weighted by atomic mass is 19.4. The van der Waals surface area contributed by atoms with E-state index in [9.17, 15) is 17.6 Å². The molecule has 0 atom stereocenters.